The van der Waals surface area contributed by atoms with Crippen LogP contribution in [0.3, 0.4) is 0 Å². The van der Waals surface area contributed by atoms with Crippen molar-refractivity contribution in [2.45, 2.75) is 36.3 Å². The van der Waals surface area contributed by atoms with E-state index in [1.807, 2.05) is 13.8 Å². The minimum atomic E-state index is -0.298. The van der Waals surface area contributed by atoms with E-state index in [1.54, 1.807) is 18.2 Å². The van der Waals surface area contributed by atoms with Crippen LogP contribution in [0.1, 0.15) is 32.0 Å². The summed E-state index contributed by atoms with van der Waals surface area (Å²) in [6.45, 7) is 4.48. The number of nitrogens with two attached hydrogens (primary N) is 1. The van der Waals surface area contributed by atoms with Crippen molar-refractivity contribution < 1.29 is 8.91 Å². The summed E-state index contributed by atoms with van der Waals surface area (Å²) in [5.41, 5.74) is 5.46. The van der Waals surface area contributed by atoms with E-state index in [0.29, 0.717) is 28.9 Å². The summed E-state index contributed by atoms with van der Waals surface area (Å²) in [4.78, 5) is 4.95. The molecule has 1 unspecified atom stereocenters. The number of halogens is 1. The van der Waals surface area contributed by atoms with E-state index in [4.69, 9.17) is 10.3 Å². The first-order valence-electron chi connectivity index (χ1n) is 6.49. The third-order valence-electron chi connectivity index (χ3n) is 3.41. The monoisotopic (exact) mass is 295 g/mol. The zero-order valence-electron chi connectivity index (χ0n) is 11.6. The highest BCUT2D eigenvalue weighted by Gasteiger charge is 2.29. The van der Waals surface area contributed by atoms with Gasteiger partial charge in [-0.1, -0.05) is 24.2 Å². The van der Waals surface area contributed by atoms with Crippen molar-refractivity contribution in [1.29, 1.82) is 0 Å². The fourth-order valence-electron chi connectivity index (χ4n) is 1.64. The predicted octanol–water partition coefficient (Wildman–Crippen LogP) is 3.13. The molecule has 0 aliphatic carbocycles. The van der Waals surface area contributed by atoms with Gasteiger partial charge >= 0.3 is 0 Å². The summed E-state index contributed by atoms with van der Waals surface area (Å²) in [6, 6.07) is 6.64. The first-order valence-corrected chi connectivity index (χ1v) is 7.48. The fraction of sp³-hybridized carbons (Fsp3) is 0.429. The second-order valence-corrected chi connectivity index (χ2v) is 5.87. The number of hydrogen-bond acceptors (Lipinski definition) is 5. The molecule has 2 aromatic rings. The van der Waals surface area contributed by atoms with E-state index in [9.17, 15) is 4.39 Å². The average Bonchev–Trinajstić information content (AvgIpc) is 2.95. The van der Waals surface area contributed by atoms with E-state index in [1.165, 1.54) is 17.8 Å². The molecular formula is C14H18FN3OS. The molecule has 0 amide bonds. The van der Waals surface area contributed by atoms with E-state index < -0.39 is 0 Å². The molecule has 0 radical (unpaired) electrons. The summed E-state index contributed by atoms with van der Waals surface area (Å²) in [7, 11) is 0. The molecule has 4 nitrogen and oxygen atoms in total. The zero-order valence-corrected chi connectivity index (χ0v) is 12.4. The number of hydrogen-bond donors (Lipinski definition) is 1. The minimum Gasteiger partial charge on any atom is -0.339 e. The third-order valence-corrected chi connectivity index (χ3v) is 4.45. The molecule has 1 heterocycles. The molecule has 108 valence electrons. The molecule has 0 fully saturated rings. The Labute approximate surface area is 121 Å². The van der Waals surface area contributed by atoms with Crippen LogP contribution in [-0.2, 0) is 11.2 Å². The van der Waals surface area contributed by atoms with Gasteiger partial charge in [-0.05, 0) is 25.5 Å². The minimum absolute atomic E-state index is 0.235. The second kappa shape index (κ2) is 6.37. The molecule has 0 aliphatic rings. The highest BCUT2D eigenvalue weighted by molar-refractivity contribution is 7.98. The third kappa shape index (κ3) is 3.19. The van der Waals surface area contributed by atoms with Crippen molar-refractivity contribution in [1.82, 2.24) is 10.1 Å². The second-order valence-electron chi connectivity index (χ2n) is 4.85. The van der Waals surface area contributed by atoms with Crippen LogP contribution in [0.4, 0.5) is 4.39 Å². The topological polar surface area (TPSA) is 64.9 Å². The Hall–Kier alpha value is -1.40. The van der Waals surface area contributed by atoms with Gasteiger partial charge in [-0.3, -0.25) is 0 Å². The fourth-order valence-corrected chi connectivity index (χ4v) is 2.43. The van der Waals surface area contributed by atoms with E-state index in [2.05, 4.69) is 10.1 Å². The number of benzene rings is 1. The Kier molecular flexibility index (Phi) is 4.77. The van der Waals surface area contributed by atoms with Gasteiger partial charge in [0.05, 0.1) is 11.2 Å². The van der Waals surface area contributed by atoms with Gasteiger partial charge in [-0.15, -0.1) is 11.8 Å². The molecule has 0 aliphatic heterocycles. The van der Waals surface area contributed by atoms with Crippen molar-refractivity contribution in [3.05, 3.63) is 41.8 Å². The van der Waals surface area contributed by atoms with Gasteiger partial charge in [0.1, 0.15) is 5.82 Å². The van der Waals surface area contributed by atoms with Gasteiger partial charge in [-0.2, -0.15) is 4.98 Å². The van der Waals surface area contributed by atoms with Gasteiger partial charge in [0.2, 0.25) is 5.89 Å². The Bertz CT molecular complexity index is 569. The van der Waals surface area contributed by atoms with Crippen LogP contribution in [0.25, 0.3) is 0 Å². The van der Waals surface area contributed by atoms with E-state index in [-0.39, 0.29) is 11.2 Å². The van der Waals surface area contributed by atoms with Crippen molar-refractivity contribution in [2.75, 3.05) is 6.54 Å². The lowest BCUT2D eigenvalue weighted by Crippen LogP contribution is -2.31. The summed E-state index contributed by atoms with van der Waals surface area (Å²) in [5, 5.41) is 3.94. The lowest BCUT2D eigenvalue weighted by molar-refractivity contribution is 0.289. The smallest absolute Gasteiger partial charge is 0.233 e. The molecule has 1 atom stereocenters. The Balaban J connectivity index is 2.05. The van der Waals surface area contributed by atoms with Crippen molar-refractivity contribution in [3.63, 3.8) is 0 Å². The maximum atomic E-state index is 13.5. The number of rotatable bonds is 6. The van der Waals surface area contributed by atoms with Crippen LogP contribution < -0.4 is 5.73 Å². The molecule has 1 aromatic carbocycles. The molecular weight excluding hydrogens is 277 g/mol. The summed E-state index contributed by atoms with van der Waals surface area (Å²) in [6.07, 6.45) is 0.825. The average molecular weight is 295 g/mol. The van der Waals surface area contributed by atoms with Crippen LogP contribution in [0.2, 0.25) is 0 Å². The van der Waals surface area contributed by atoms with Gasteiger partial charge in [0.15, 0.2) is 5.82 Å². The van der Waals surface area contributed by atoms with Crippen LogP contribution in [0, 0.1) is 5.82 Å². The summed E-state index contributed by atoms with van der Waals surface area (Å²) >= 11 is 1.35. The maximum absolute atomic E-state index is 13.5. The van der Waals surface area contributed by atoms with Crippen LogP contribution in [-0.4, -0.2) is 16.7 Å². The summed E-state index contributed by atoms with van der Waals surface area (Å²) in [5.74, 6) is 1.34. The molecule has 2 N–H and O–H groups in total. The standard InChI is InChI=1S/C14H18FN3OS/c1-3-14(2,9-16)13-17-12(18-19-13)8-20-11-7-5-4-6-10(11)15/h4-7H,3,8-9,16H2,1-2H3. The lowest BCUT2D eigenvalue weighted by atomic mass is 9.88. The van der Waals surface area contributed by atoms with E-state index in [0.717, 1.165) is 6.42 Å². The van der Waals surface area contributed by atoms with Crippen LogP contribution >= 0.6 is 11.8 Å². The quantitative estimate of drug-likeness (QED) is 0.829. The Morgan fingerprint density at radius 2 is 2.15 bits per heavy atom. The Morgan fingerprint density at radius 1 is 1.40 bits per heavy atom. The molecule has 20 heavy (non-hydrogen) atoms. The molecule has 6 heteroatoms. The van der Waals surface area contributed by atoms with Gasteiger partial charge < -0.3 is 10.3 Å². The number of nitrogens with zero attached hydrogens (tertiary/aromatic N) is 2. The van der Waals surface area contributed by atoms with Gasteiger partial charge in [0.25, 0.3) is 0 Å². The molecule has 1 aromatic heterocycles. The first-order chi connectivity index (χ1) is 9.59. The van der Waals surface area contributed by atoms with Crippen LogP contribution in [0.15, 0.2) is 33.7 Å². The lowest BCUT2D eigenvalue weighted by Gasteiger charge is -2.20. The van der Waals surface area contributed by atoms with Crippen molar-refractivity contribution in [2.24, 2.45) is 5.73 Å². The maximum Gasteiger partial charge on any atom is 0.233 e. The summed E-state index contributed by atoms with van der Waals surface area (Å²) < 4.78 is 18.8. The number of aromatic nitrogens is 2. The largest absolute Gasteiger partial charge is 0.339 e. The molecule has 0 saturated heterocycles. The van der Waals surface area contributed by atoms with Gasteiger partial charge in [-0.25, -0.2) is 4.39 Å². The molecule has 0 spiro atoms. The van der Waals surface area contributed by atoms with Crippen molar-refractivity contribution >= 4 is 11.8 Å². The SMILES string of the molecule is CCC(C)(CN)c1nc(CSc2ccccc2F)no1. The first kappa shape index (κ1) is 15.0. The highest BCUT2D eigenvalue weighted by atomic mass is 32.2. The van der Waals surface area contributed by atoms with E-state index >= 15 is 0 Å². The number of thioether (sulfide) groups is 1. The zero-order chi connectivity index (χ0) is 14.6. The Morgan fingerprint density at radius 3 is 2.80 bits per heavy atom. The van der Waals surface area contributed by atoms with Crippen molar-refractivity contribution in [3.8, 4) is 0 Å². The molecule has 0 saturated carbocycles. The predicted molar refractivity (Wildman–Crippen MR) is 77.0 cm³/mol. The van der Waals surface area contributed by atoms with Crippen LogP contribution in [0.5, 0.6) is 0 Å². The normalized spacial score (nSPS) is 14.2. The molecule has 0 bridgehead atoms. The van der Waals surface area contributed by atoms with Gasteiger partial charge in [0, 0.05) is 11.4 Å². The highest BCUT2D eigenvalue weighted by Crippen LogP contribution is 2.27. The molecule has 2 rings (SSSR count).